The monoisotopic (exact) mass is 279 g/mol. The molecule has 0 aromatic carbocycles. The number of amides is 1. The van der Waals surface area contributed by atoms with Crippen molar-refractivity contribution < 1.29 is 4.79 Å². The standard InChI is InChI=1S/C14H25N5O/c1-11-16-12(2)19(17-11)10-8-15-14(20)13-7-5-4-6-9-18(13)3/h13H,4-10H2,1-3H3,(H,15,20)/t13-/m1/s1. The highest BCUT2D eigenvalue weighted by atomic mass is 16.2. The highest BCUT2D eigenvalue weighted by molar-refractivity contribution is 5.81. The highest BCUT2D eigenvalue weighted by Gasteiger charge is 2.24. The second kappa shape index (κ2) is 6.83. The van der Waals surface area contributed by atoms with Crippen LogP contribution in [0.15, 0.2) is 0 Å². The summed E-state index contributed by atoms with van der Waals surface area (Å²) in [6, 6.07) is 0.0241. The van der Waals surface area contributed by atoms with Gasteiger partial charge in [-0.05, 0) is 40.3 Å². The van der Waals surface area contributed by atoms with Gasteiger partial charge in [-0.25, -0.2) is 9.67 Å². The Balaban J connectivity index is 1.81. The molecule has 20 heavy (non-hydrogen) atoms. The zero-order chi connectivity index (χ0) is 14.5. The number of aryl methyl sites for hydroxylation is 2. The van der Waals surface area contributed by atoms with Gasteiger partial charge in [0.1, 0.15) is 11.6 Å². The van der Waals surface area contributed by atoms with Gasteiger partial charge in [0.2, 0.25) is 5.91 Å². The van der Waals surface area contributed by atoms with Gasteiger partial charge in [-0.1, -0.05) is 12.8 Å². The fraction of sp³-hybridized carbons (Fsp3) is 0.786. The number of carbonyl (C=O) groups is 1. The molecule has 1 N–H and O–H groups in total. The maximum absolute atomic E-state index is 12.2. The lowest BCUT2D eigenvalue weighted by Gasteiger charge is -2.24. The maximum Gasteiger partial charge on any atom is 0.237 e. The SMILES string of the molecule is Cc1nc(C)n(CCNC(=O)[C@H]2CCCCCN2C)n1. The second-order valence-electron chi connectivity index (χ2n) is 5.57. The zero-order valence-electron chi connectivity index (χ0n) is 12.7. The predicted molar refractivity (Wildman–Crippen MR) is 77.4 cm³/mol. The van der Waals surface area contributed by atoms with E-state index in [1.165, 1.54) is 12.8 Å². The largest absolute Gasteiger partial charge is 0.353 e. The number of carbonyl (C=O) groups excluding carboxylic acids is 1. The van der Waals surface area contributed by atoms with Crippen LogP contribution in [0.1, 0.15) is 37.3 Å². The van der Waals surface area contributed by atoms with Gasteiger partial charge in [0.05, 0.1) is 12.6 Å². The van der Waals surface area contributed by atoms with Gasteiger partial charge in [-0.3, -0.25) is 9.69 Å². The Bertz CT molecular complexity index is 456. The fourth-order valence-electron chi connectivity index (χ4n) is 2.76. The molecular weight excluding hydrogens is 254 g/mol. The summed E-state index contributed by atoms with van der Waals surface area (Å²) >= 11 is 0. The Kier molecular flexibility index (Phi) is 5.11. The minimum Gasteiger partial charge on any atom is -0.353 e. The first-order chi connectivity index (χ1) is 9.58. The first-order valence-corrected chi connectivity index (χ1v) is 7.44. The number of likely N-dealkylation sites (N-methyl/N-ethyl adjacent to an activating group) is 1. The van der Waals surface area contributed by atoms with Crippen LogP contribution in [0.5, 0.6) is 0 Å². The predicted octanol–water partition coefficient (Wildman–Crippen LogP) is 0.886. The summed E-state index contributed by atoms with van der Waals surface area (Å²) in [6.45, 7) is 6.10. The number of aromatic nitrogens is 3. The first-order valence-electron chi connectivity index (χ1n) is 7.44. The molecule has 1 atom stereocenters. The van der Waals surface area contributed by atoms with Crippen molar-refractivity contribution in [3.63, 3.8) is 0 Å². The van der Waals surface area contributed by atoms with Crippen molar-refractivity contribution in [3.05, 3.63) is 11.6 Å². The minimum atomic E-state index is 0.0241. The number of nitrogens with zero attached hydrogens (tertiary/aromatic N) is 4. The fourth-order valence-corrected chi connectivity index (χ4v) is 2.76. The van der Waals surface area contributed by atoms with Gasteiger partial charge in [-0.2, -0.15) is 5.10 Å². The van der Waals surface area contributed by atoms with Gasteiger partial charge in [0, 0.05) is 6.54 Å². The van der Waals surface area contributed by atoms with Gasteiger partial charge in [0.25, 0.3) is 0 Å². The molecule has 2 heterocycles. The Morgan fingerprint density at radius 3 is 2.85 bits per heavy atom. The van der Waals surface area contributed by atoms with Gasteiger partial charge in [-0.15, -0.1) is 0 Å². The Morgan fingerprint density at radius 2 is 2.15 bits per heavy atom. The lowest BCUT2D eigenvalue weighted by atomic mass is 10.1. The van der Waals surface area contributed by atoms with E-state index in [0.29, 0.717) is 13.1 Å². The van der Waals surface area contributed by atoms with Crippen LogP contribution >= 0.6 is 0 Å². The van der Waals surface area contributed by atoms with Crippen LogP contribution in [0, 0.1) is 13.8 Å². The molecule has 1 aromatic heterocycles. The summed E-state index contributed by atoms with van der Waals surface area (Å²) in [5.41, 5.74) is 0. The van der Waals surface area contributed by atoms with E-state index in [0.717, 1.165) is 31.0 Å². The number of hydrogen-bond donors (Lipinski definition) is 1. The topological polar surface area (TPSA) is 63.1 Å². The van der Waals surface area contributed by atoms with E-state index in [1.807, 2.05) is 25.6 Å². The van der Waals surface area contributed by atoms with E-state index in [9.17, 15) is 4.79 Å². The molecular formula is C14H25N5O. The Hall–Kier alpha value is -1.43. The van der Waals surface area contributed by atoms with Crippen LogP contribution < -0.4 is 5.32 Å². The van der Waals surface area contributed by atoms with Crippen LogP contribution in [0.3, 0.4) is 0 Å². The molecule has 0 spiro atoms. The van der Waals surface area contributed by atoms with Crippen molar-refractivity contribution in [2.45, 2.75) is 52.1 Å². The number of likely N-dealkylation sites (tertiary alicyclic amines) is 1. The molecule has 1 saturated heterocycles. The summed E-state index contributed by atoms with van der Waals surface area (Å²) in [5.74, 6) is 1.81. The quantitative estimate of drug-likeness (QED) is 0.889. The van der Waals surface area contributed by atoms with Crippen molar-refractivity contribution in [2.75, 3.05) is 20.1 Å². The minimum absolute atomic E-state index is 0.0241. The van der Waals surface area contributed by atoms with Crippen LogP contribution in [0.2, 0.25) is 0 Å². The first kappa shape index (κ1) is 15.0. The van der Waals surface area contributed by atoms with Crippen molar-refractivity contribution >= 4 is 5.91 Å². The molecule has 1 amide bonds. The van der Waals surface area contributed by atoms with E-state index < -0.39 is 0 Å². The summed E-state index contributed by atoms with van der Waals surface area (Å²) < 4.78 is 1.84. The summed E-state index contributed by atoms with van der Waals surface area (Å²) in [7, 11) is 2.04. The lowest BCUT2D eigenvalue weighted by molar-refractivity contribution is -0.126. The summed E-state index contributed by atoms with van der Waals surface area (Å²) in [4.78, 5) is 18.7. The Morgan fingerprint density at radius 1 is 1.35 bits per heavy atom. The second-order valence-corrected chi connectivity index (χ2v) is 5.57. The van der Waals surface area contributed by atoms with E-state index >= 15 is 0 Å². The van der Waals surface area contributed by atoms with Gasteiger partial charge in [0.15, 0.2) is 0 Å². The maximum atomic E-state index is 12.2. The van der Waals surface area contributed by atoms with Crippen molar-refractivity contribution in [2.24, 2.45) is 0 Å². The van der Waals surface area contributed by atoms with Crippen LogP contribution in [0.4, 0.5) is 0 Å². The van der Waals surface area contributed by atoms with Gasteiger partial charge >= 0.3 is 0 Å². The Labute approximate surface area is 120 Å². The normalized spacial score (nSPS) is 20.6. The molecule has 1 aliphatic heterocycles. The molecule has 6 nitrogen and oxygen atoms in total. The molecule has 1 aliphatic rings. The van der Waals surface area contributed by atoms with Gasteiger partial charge < -0.3 is 5.32 Å². The zero-order valence-corrected chi connectivity index (χ0v) is 12.7. The molecule has 0 saturated carbocycles. The highest BCUT2D eigenvalue weighted by Crippen LogP contribution is 2.14. The average molecular weight is 279 g/mol. The number of hydrogen-bond acceptors (Lipinski definition) is 4. The molecule has 112 valence electrons. The van der Waals surface area contributed by atoms with Crippen LogP contribution in [-0.4, -0.2) is 51.8 Å². The van der Waals surface area contributed by atoms with E-state index in [4.69, 9.17) is 0 Å². The third-order valence-electron chi connectivity index (χ3n) is 3.91. The van der Waals surface area contributed by atoms with Crippen molar-refractivity contribution in [3.8, 4) is 0 Å². The van der Waals surface area contributed by atoms with Crippen LogP contribution in [-0.2, 0) is 11.3 Å². The summed E-state index contributed by atoms with van der Waals surface area (Å²) in [6.07, 6.45) is 4.52. The molecule has 6 heteroatoms. The molecule has 0 bridgehead atoms. The van der Waals surface area contributed by atoms with Crippen LogP contribution in [0.25, 0.3) is 0 Å². The molecule has 1 aromatic rings. The number of rotatable bonds is 4. The van der Waals surface area contributed by atoms with E-state index in [-0.39, 0.29) is 11.9 Å². The summed E-state index contributed by atoms with van der Waals surface area (Å²) in [5, 5.41) is 7.32. The molecule has 0 unspecified atom stereocenters. The third-order valence-corrected chi connectivity index (χ3v) is 3.91. The molecule has 0 radical (unpaired) electrons. The number of nitrogens with one attached hydrogen (secondary N) is 1. The molecule has 0 aliphatic carbocycles. The lowest BCUT2D eigenvalue weighted by Crippen LogP contribution is -2.45. The third kappa shape index (κ3) is 3.79. The van der Waals surface area contributed by atoms with Crippen molar-refractivity contribution in [1.29, 1.82) is 0 Å². The van der Waals surface area contributed by atoms with Crippen molar-refractivity contribution in [1.82, 2.24) is 25.0 Å². The average Bonchev–Trinajstić information content (AvgIpc) is 2.60. The smallest absolute Gasteiger partial charge is 0.237 e. The molecule has 1 fully saturated rings. The van der Waals surface area contributed by atoms with E-state index in [1.54, 1.807) is 0 Å². The molecule has 2 rings (SSSR count). The van der Waals surface area contributed by atoms with E-state index in [2.05, 4.69) is 20.3 Å².